The Morgan fingerprint density at radius 1 is 0.964 bits per heavy atom. The molecule has 3 N–H and O–H groups in total. The number of anilines is 2. The maximum atomic E-state index is 12.5. The average molecular weight is 405 g/mol. The van der Waals surface area contributed by atoms with Crippen LogP contribution in [-0.2, 0) is 30.8 Å². The molecule has 0 unspecified atom stereocenters. The van der Waals surface area contributed by atoms with E-state index in [1.165, 1.54) is 31.2 Å². The van der Waals surface area contributed by atoms with Crippen LogP contribution >= 0.6 is 0 Å². The SMILES string of the molecule is COCCNC(=O)Cc1ccc(NS(=O)(=O)c2ccc(NC(C)=O)cc2)cc1. The van der Waals surface area contributed by atoms with Crippen molar-refractivity contribution in [2.24, 2.45) is 0 Å². The Morgan fingerprint density at radius 3 is 2.14 bits per heavy atom. The van der Waals surface area contributed by atoms with Crippen LogP contribution in [0.3, 0.4) is 0 Å². The highest BCUT2D eigenvalue weighted by molar-refractivity contribution is 7.92. The molecule has 150 valence electrons. The lowest BCUT2D eigenvalue weighted by Gasteiger charge is -2.10. The van der Waals surface area contributed by atoms with E-state index in [2.05, 4.69) is 15.4 Å². The van der Waals surface area contributed by atoms with E-state index in [0.29, 0.717) is 24.5 Å². The third kappa shape index (κ3) is 6.67. The fourth-order valence-electron chi connectivity index (χ4n) is 2.37. The topological polar surface area (TPSA) is 114 Å². The van der Waals surface area contributed by atoms with Crippen LogP contribution in [0.1, 0.15) is 12.5 Å². The molecule has 9 heteroatoms. The molecule has 0 radical (unpaired) electrons. The predicted octanol–water partition coefficient (Wildman–Crippen LogP) is 1.75. The first kappa shape index (κ1) is 21.4. The Kier molecular flexibility index (Phi) is 7.53. The van der Waals surface area contributed by atoms with Crippen LogP contribution in [0.2, 0.25) is 0 Å². The van der Waals surface area contributed by atoms with Gasteiger partial charge in [-0.1, -0.05) is 12.1 Å². The van der Waals surface area contributed by atoms with Crippen molar-refractivity contribution >= 4 is 33.2 Å². The lowest BCUT2D eigenvalue weighted by molar-refractivity contribution is -0.120. The summed E-state index contributed by atoms with van der Waals surface area (Å²) in [6, 6.07) is 12.4. The highest BCUT2D eigenvalue weighted by Crippen LogP contribution is 2.19. The van der Waals surface area contributed by atoms with Gasteiger partial charge in [-0.25, -0.2) is 8.42 Å². The normalized spacial score (nSPS) is 10.9. The van der Waals surface area contributed by atoms with Crippen LogP contribution < -0.4 is 15.4 Å². The van der Waals surface area contributed by atoms with Gasteiger partial charge in [0.1, 0.15) is 0 Å². The van der Waals surface area contributed by atoms with Gasteiger partial charge < -0.3 is 15.4 Å². The van der Waals surface area contributed by atoms with Gasteiger partial charge in [-0.05, 0) is 42.0 Å². The fourth-order valence-corrected chi connectivity index (χ4v) is 3.42. The third-order valence-electron chi connectivity index (χ3n) is 3.68. The Morgan fingerprint density at radius 2 is 1.57 bits per heavy atom. The van der Waals surface area contributed by atoms with E-state index in [-0.39, 0.29) is 23.1 Å². The lowest BCUT2D eigenvalue weighted by atomic mass is 10.1. The van der Waals surface area contributed by atoms with Crippen LogP contribution in [0, 0.1) is 0 Å². The summed E-state index contributed by atoms with van der Waals surface area (Å²) in [5, 5.41) is 5.30. The Bertz CT molecular complexity index is 910. The average Bonchev–Trinajstić information content (AvgIpc) is 2.63. The van der Waals surface area contributed by atoms with Gasteiger partial charge in [0.2, 0.25) is 11.8 Å². The first-order valence-corrected chi connectivity index (χ1v) is 10.0. The molecular weight excluding hydrogens is 382 g/mol. The molecular formula is C19H23N3O5S. The smallest absolute Gasteiger partial charge is 0.261 e. The molecule has 0 aromatic heterocycles. The number of benzene rings is 2. The largest absolute Gasteiger partial charge is 0.383 e. The quantitative estimate of drug-likeness (QED) is 0.550. The molecule has 2 aromatic rings. The molecule has 0 saturated heterocycles. The van der Waals surface area contributed by atoms with Crippen molar-refractivity contribution in [1.29, 1.82) is 0 Å². The predicted molar refractivity (Wildman–Crippen MR) is 107 cm³/mol. The molecule has 0 saturated carbocycles. The Hall–Kier alpha value is -2.91. The standard InChI is InChI=1S/C19H23N3O5S/c1-14(23)21-16-7-9-18(10-8-16)28(25,26)22-17-5-3-15(4-6-17)13-19(24)20-11-12-27-2/h3-10,22H,11-13H2,1-2H3,(H,20,24)(H,21,23). The van der Waals surface area contributed by atoms with E-state index in [0.717, 1.165) is 5.56 Å². The third-order valence-corrected chi connectivity index (χ3v) is 5.08. The minimum absolute atomic E-state index is 0.0724. The molecule has 2 aromatic carbocycles. The molecule has 2 amide bonds. The van der Waals surface area contributed by atoms with Crippen LogP contribution in [-0.4, -0.2) is 40.5 Å². The summed E-state index contributed by atoms with van der Waals surface area (Å²) in [5.41, 5.74) is 1.66. The molecule has 0 fully saturated rings. The first-order valence-electron chi connectivity index (χ1n) is 8.55. The maximum absolute atomic E-state index is 12.5. The van der Waals surface area contributed by atoms with Crippen molar-refractivity contribution in [1.82, 2.24) is 5.32 Å². The maximum Gasteiger partial charge on any atom is 0.261 e. The zero-order chi connectivity index (χ0) is 20.6. The Balaban J connectivity index is 1.98. The van der Waals surface area contributed by atoms with E-state index >= 15 is 0 Å². The van der Waals surface area contributed by atoms with Crippen molar-refractivity contribution in [3.8, 4) is 0 Å². The monoisotopic (exact) mass is 405 g/mol. The number of rotatable bonds is 9. The number of ether oxygens (including phenoxy) is 1. The van der Waals surface area contributed by atoms with E-state index in [1.807, 2.05) is 0 Å². The molecule has 0 spiro atoms. The van der Waals surface area contributed by atoms with Crippen LogP contribution in [0.4, 0.5) is 11.4 Å². The molecule has 8 nitrogen and oxygen atoms in total. The van der Waals surface area contributed by atoms with Crippen molar-refractivity contribution < 1.29 is 22.7 Å². The van der Waals surface area contributed by atoms with E-state index in [4.69, 9.17) is 4.74 Å². The first-order chi connectivity index (χ1) is 13.3. The van der Waals surface area contributed by atoms with E-state index < -0.39 is 10.0 Å². The van der Waals surface area contributed by atoms with Gasteiger partial charge in [-0.15, -0.1) is 0 Å². The number of nitrogens with one attached hydrogen (secondary N) is 3. The summed E-state index contributed by atoms with van der Waals surface area (Å²) in [4.78, 5) is 22.9. The molecule has 0 atom stereocenters. The van der Waals surface area contributed by atoms with Gasteiger partial charge in [0, 0.05) is 32.0 Å². The van der Waals surface area contributed by atoms with Gasteiger partial charge in [-0.3, -0.25) is 14.3 Å². The minimum atomic E-state index is -3.77. The van der Waals surface area contributed by atoms with E-state index in [1.54, 1.807) is 31.4 Å². The van der Waals surface area contributed by atoms with Crippen LogP contribution in [0.25, 0.3) is 0 Å². The van der Waals surface area contributed by atoms with Crippen molar-refractivity contribution in [2.75, 3.05) is 30.3 Å². The number of hydrogen-bond donors (Lipinski definition) is 3. The number of methoxy groups -OCH3 is 1. The highest BCUT2D eigenvalue weighted by atomic mass is 32.2. The summed E-state index contributed by atoms with van der Waals surface area (Å²) in [6.45, 7) is 2.26. The van der Waals surface area contributed by atoms with Gasteiger partial charge in [0.05, 0.1) is 17.9 Å². The lowest BCUT2D eigenvalue weighted by Crippen LogP contribution is -2.28. The van der Waals surface area contributed by atoms with E-state index in [9.17, 15) is 18.0 Å². The fraction of sp³-hybridized carbons (Fsp3) is 0.263. The van der Waals surface area contributed by atoms with Crippen molar-refractivity contribution in [3.63, 3.8) is 0 Å². The van der Waals surface area contributed by atoms with Crippen molar-refractivity contribution in [2.45, 2.75) is 18.2 Å². The Labute approximate surface area is 164 Å². The molecule has 0 aliphatic rings. The molecule has 28 heavy (non-hydrogen) atoms. The zero-order valence-corrected chi connectivity index (χ0v) is 16.5. The molecule has 0 bridgehead atoms. The number of sulfonamides is 1. The number of hydrogen-bond acceptors (Lipinski definition) is 5. The summed E-state index contributed by atoms with van der Waals surface area (Å²) in [7, 11) is -2.21. The summed E-state index contributed by atoms with van der Waals surface area (Å²) in [6.07, 6.45) is 0.196. The van der Waals surface area contributed by atoms with Gasteiger partial charge in [-0.2, -0.15) is 0 Å². The summed E-state index contributed by atoms with van der Waals surface area (Å²) >= 11 is 0. The van der Waals surface area contributed by atoms with Crippen LogP contribution in [0.15, 0.2) is 53.4 Å². The molecule has 2 rings (SSSR count). The molecule has 0 heterocycles. The zero-order valence-electron chi connectivity index (χ0n) is 15.7. The van der Waals surface area contributed by atoms with Crippen molar-refractivity contribution in [3.05, 3.63) is 54.1 Å². The van der Waals surface area contributed by atoms with Gasteiger partial charge >= 0.3 is 0 Å². The summed E-state index contributed by atoms with van der Waals surface area (Å²) < 4.78 is 32.3. The van der Waals surface area contributed by atoms with Gasteiger partial charge in [0.15, 0.2) is 0 Å². The molecule has 0 aliphatic carbocycles. The second-order valence-corrected chi connectivity index (χ2v) is 7.71. The number of amides is 2. The van der Waals surface area contributed by atoms with Gasteiger partial charge in [0.25, 0.3) is 10.0 Å². The highest BCUT2D eigenvalue weighted by Gasteiger charge is 2.14. The second-order valence-electron chi connectivity index (χ2n) is 6.03. The van der Waals surface area contributed by atoms with Crippen LogP contribution in [0.5, 0.6) is 0 Å². The number of carbonyl (C=O) groups excluding carboxylic acids is 2. The minimum Gasteiger partial charge on any atom is -0.383 e. The number of carbonyl (C=O) groups is 2. The molecule has 0 aliphatic heterocycles. The summed E-state index contributed by atoms with van der Waals surface area (Å²) in [5.74, 6) is -0.370. The second kappa shape index (κ2) is 9.86.